The highest BCUT2D eigenvalue weighted by molar-refractivity contribution is 5.52. The molecule has 0 atom stereocenters. The fourth-order valence-electron chi connectivity index (χ4n) is 2.56. The Labute approximate surface area is 120 Å². The van der Waals surface area contributed by atoms with Crippen molar-refractivity contribution < 1.29 is 9.47 Å². The van der Waals surface area contributed by atoms with Gasteiger partial charge in [0, 0.05) is 19.1 Å². The molecule has 1 fully saturated rings. The zero-order chi connectivity index (χ0) is 14.5. The highest BCUT2D eigenvalue weighted by Gasteiger charge is 2.24. The first-order valence-corrected chi connectivity index (χ1v) is 7.13. The van der Waals surface area contributed by atoms with Gasteiger partial charge in [0.15, 0.2) is 11.5 Å². The summed E-state index contributed by atoms with van der Waals surface area (Å²) >= 11 is 0. The summed E-state index contributed by atoms with van der Waals surface area (Å²) in [4.78, 5) is 2.45. The number of hydrogen-bond acceptors (Lipinski definition) is 4. The van der Waals surface area contributed by atoms with Crippen LogP contribution in [-0.4, -0.2) is 37.2 Å². The van der Waals surface area contributed by atoms with Crippen LogP contribution in [0.25, 0.3) is 0 Å². The number of benzene rings is 1. The van der Waals surface area contributed by atoms with Gasteiger partial charge in [-0.25, -0.2) is 0 Å². The van der Waals surface area contributed by atoms with Crippen molar-refractivity contribution >= 4 is 0 Å². The normalized spacial score (nSPS) is 16.9. The Morgan fingerprint density at radius 1 is 1.30 bits per heavy atom. The number of hydrogen-bond donors (Lipinski definition) is 0. The van der Waals surface area contributed by atoms with E-state index in [0.717, 1.165) is 25.9 Å². The van der Waals surface area contributed by atoms with Crippen molar-refractivity contribution in [3.05, 3.63) is 23.8 Å². The van der Waals surface area contributed by atoms with Crippen molar-refractivity contribution in [2.45, 2.75) is 38.8 Å². The minimum absolute atomic E-state index is 0.161. The molecule has 0 bridgehead atoms. The summed E-state index contributed by atoms with van der Waals surface area (Å²) in [6, 6.07) is 8.16. The molecule has 4 nitrogen and oxygen atoms in total. The van der Waals surface area contributed by atoms with Crippen LogP contribution in [0.1, 0.15) is 32.3 Å². The van der Waals surface area contributed by atoms with E-state index in [1.807, 2.05) is 12.1 Å². The van der Waals surface area contributed by atoms with Crippen LogP contribution < -0.4 is 9.47 Å². The molecular formula is C16H22N2O2. The Kier molecular flexibility index (Phi) is 4.86. The highest BCUT2D eigenvalue weighted by atomic mass is 16.5. The summed E-state index contributed by atoms with van der Waals surface area (Å²) in [5.74, 6) is 1.22. The zero-order valence-corrected chi connectivity index (χ0v) is 12.4. The summed E-state index contributed by atoms with van der Waals surface area (Å²) in [6.07, 6.45) is 2.13. The lowest BCUT2D eigenvalue weighted by Crippen LogP contribution is -2.41. The molecule has 0 aliphatic carbocycles. The van der Waals surface area contributed by atoms with E-state index in [9.17, 15) is 5.26 Å². The van der Waals surface area contributed by atoms with E-state index in [1.165, 1.54) is 0 Å². The van der Waals surface area contributed by atoms with Gasteiger partial charge >= 0.3 is 0 Å². The van der Waals surface area contributed by atoms with E-state index in [2.05, 4.69) is 24.8 Å². The fraction of sp³-hybridized carbons (Fsp3) is 0.562. The Morgan fingerprint density at radius 2 is 2.00 bits per heavy atom. The second kappa shape index (κ2) is 6.62. The second-order valence-electron chi connectivity index (χ2n) is 5.40. The van der Waals surface area contributed by atoms with E-state index in [1.54, 1.807) is 13.2 Å². The van der Waals surface area contributed by atoms with E-state index >= 15 is 0 Å². The van der Waals surface area contributed by atoms with E-state index in [4.69, 9.17) is 9.47 Å². The van der Waals surface area contributed by atoms with Crippen LogP contribution in [0, 0.1) is 11.3 Å². The van der Waals surface area contributed by atoms with Gasteiger partial charge in [0.25, 0.3) is 0 Å². The third kappa shape index (κ3) is 3.23. The van der Waals surface area contributed by atoms with E-state index in [-0.39, 0.29) is 6.10 Å². The molecule has 1 aliphatic heterocycles. The Morgan fingerprint density at radius 3 is 2.55 bits per heavy atom. The molecule has 1 aromatic rings. The molecule has 0 saturated carbocycles. The number of likely N-dealkylation sites (tertiary alicyclic amines) is 1. The maximum atomic E-state index is 9.19. The molecule has 1 aromatic carbocycles. The molecule has 2 rings (SSSR count). The molecule has 20 heavy (non-hydrogen) atoms. The Bertz CT molecular complexity index is 486. The molecule has 0 N–H and O–H groups in total. The number of piperidine rings is 1. The van der Waals surface area contributed by atoms with Crippen LogP contribution in [0.5, 0.6) is 11.5 Å². The summed E-state index contributed by atoms with van der Waals surface area (Å²) in [5.41, 5.74) is 0.538. The predicted molar refractivity (Wildman–Crippen MR) is 78.1 cm³/mol. The first kappa shape index (κ1) is 14.7. The topological polar surface area (TPSA) is 45.5 Å². The van der Waals surface area contributed by atoms with Crippen molar-refractivity contribution in [2.24, 2.45) is 0 Å². The average Bonchev–Trinajstić information content (AvgIpc) is 2.48. The number of methoxy groups -OCH3 is 1. The third-order valence-corrected chi connectivity index (χ3v) is 3.81. The van der Waals surface area contributed by atoms with Crippen LogP contribution in [0.4, 0.5) is 0 Å². The summed E-state index contributed by atoms with van der Waals surface area (Å²) < 4.78 is 11.4. The van der Waals surface area contributed by atoms with Crippen molar-refractivity contribution in [1.29, 1.82) is 5.26 Å². The predicted octanol–water partition coefficient (Wildman–Crippen LogP) is 2.82. The minimum atomic E-state index is 0.161. The number of para-hydroxylation sites is 1. The number of rotatable bonds is 4. The van der Waals surface area contributed by atoms with E-state index < -0.39 is 0 Å². The standard InChI is InChI=1S/C16H22N2O2/c1-12(2)18-9-7-14(8-10-18)20-16-13(11-17)5-4-6-15(16)19-3/h4-6,12,14H,7-10H2,1-3H3. The lowest BCUT2D eigenvalue weighted by molar-refractivity contribution is 0.0821. The molecule has 1 heterocycles. The highest BCUT2D eigenvalue weighted by Crippen LogP contribution is 2.33. The molecule has 4 heteroatoms. The number of nitrogens with zero attached hydrogens (tertiary/aromatic N) is 2. The molecule has 1 aliphatic rings. The van der Waals surface area contributed by atoms with Gasteiger partial charge in [-0.15, -0.1) is 0 Å². The molecule has 108 valence electrons. The largest absolute Gasteiger partial charge is 0.493 e. The molecule has 0 spiro atoms. The van der Waals surface area contributed by atoms with Crippen molar-refractivity contribution in [3.8, 4) is 17.6 Å². The first-order chi connectivity index (χ1) is 9.65. The van der Waals surface area contributed by atoms with Crippen LogP contribution in [0.3, 0.4) is 0 Å². The summed E-state index contributed by atoms with van der Waals surface area (Å²) in [7, 11) is 1.60. The first-order valence-electron chi connectivity index (χ1n) is 7.13. The van der Waals surface area contributed by atoms with Crippen LogP contribution in [-0.2, 0) is 0 Å². The van der Waals surface area contributed by atoms with Crippen molar-refractivity contribution in [1.82, 2.24) is 4.90 Å². The quantitative estimate of drug-likeness (QED) is 0.847. The Balaban J connectivity index is 2.06. The SMILES string of the molecule is COc1cccc(C#N)c1OC1CCN(C(C)C)CC1. The van der Waals surface area contributed by atoms with Gasteiger partial charge < -0.3 is 14.4 Å². The molecule has 0 radical (unpaired) electrons. The van der Waals surface area contributed by atoms with Crippen molar-refractivity contribution in [3.63, 3.8) is 0 Å². The molecule has 0 amide bonds. The lowest BCUT2D eigenvalue weighted by Gasteiger charge is -2.34. The average molecular weight is 274 g/mol. The minimum Gasteiger partial charge on any atom is -0.493 e. The van der Waals surface area contributed by atoms with Gasteiger partial charge in [-0.2, -0.15) is 5.26 Å². The summed E-state index contributed by atoms with van der Waals surface area (Å²) in [5, 5.41) is 9.19. The molecular weight excluding hydrogens is 252 g/mol. The molecule has 0 unspecified atom stereocenters. The number of nitriles is 1. The van der Waals surface area contributed by atoms with E-state index in [0.29, 0.717) is 23.1 Å². The van der Waals surface area contributed by atoms with Crippen LogP contribution in [0.2, 0.25) is 0 Å². The lowest BCUT2D eigenvalue weighted by atomic mass is 10.1. The van der Waals surface area contributed by atoms with Crippen LogP contribution >= 0.6 is 0 Å². The van der Waals surface area contributed by atoms with Gasteiger partial charge in [0.05, 0.1) is 12.7 Å². The van der Waals surface area contributed by atoms with Gasteiger partial charge in [-0.1, -0.05) is 6.07 Å². The molecule has 0 aromatic heterocycles. The molecule has 1 saturated heterocycles. The van der Waals surface area contributed by atoms with Crippen molar-refractivity contribution in [2.75, 3.05) is 20.2 Å². The maximum Gasteiger partial charge on any atom is 0.179 e. The maximum absolute atomic E-state index is 9.19. The van der Waals surface area contributed by atoms with Crippen LogP contribution in [0.15, 0.2) is 18.2 Å². The Hall–Kier alpha value is -1.73. The van der Waals surface area contributed by atoms with Gasteiger partial charge in [0.1, 0.15) is 12.2 Å². The third-order valence-electron chi connectivity index (χ3n) is 3.81. The van der Waals surface area contributed by atoms with Gasteiger partial charge in [-0.3, -0.25) is 0 Å². The van der Waals surface area contributed by atoms with Gasteiger partial charge in [0.2, 0.25) is 0 Å². The number of ether oxygens (including phenoxy) is 2. The summed E-state index contributed by atoms with van der Waals surface area (Å²) in [6.45, 7) is 6.52. The van der Waals surface area contributed by atoms with Gasteiger partial charge in [-0.05, 0) is 38.8 Å². The fourth-order valence-corrected chi connectivity index (χ4v) is 2.56. The smallest absolute Gasteiger partial charge is 0.179 e. The second-order valence-corrected chi connectivity index (χ2v) is 5.40. The monoisotopic (exact) mass is 274 g/mol. The zero-order valence-electron chi connectivity index (χ0n) is 12.4.